The Morgan fingerprint density at radius 1 is 1.16 bits per heavy atom. The fraction of sp³-hybridized carbons (Fsp3) is 0.263. The summed E-state index contributed by atoms with van der Waals surface area (Å²) in [6.07, 6.45) is 6.77. The van der Waals surface area contributed by atoms with Gasteiger partial charge in [0.1, 0.15) is 0 Å². The third-order valence-corrected chi connectivity index (χ3v) is 4.30. The first kappa shape index (κ1) is 17.1. The lowest BCUT2D eigenvalue weighted by Gasteiger charge is -2.36. The Bertz CT molecular complexity index is 725. The zero-order valence-corrected chi connectivity index (χ0v) is 14.0. The third kappa shape index (κ3) is 4.65. The summed E-state index contributed by atoms with van der Waals surface area (Å²) in [5.74, 6) is -0.531. The number of rotatable bonds is 5. The van der Waals surface area contributed by atoms with E-state index in [1.165, 1.54) is 11.6 Å². The van der Waals surface area contributed by atoms with E-state index in [4.69, 9.17) is 5.21 Å². The van der Waals surface area contributed by atoms with Crippen molar-refractivity contribution in [2.75, 3.05) is 31.1 Å². The van der Waals surface area contributed by atoms with Gasteiger partial charge < -0.3 is 4.90 Å². The summed E-state index contributed by atoms with van der Waals surface area (Å²) in [5.41, 5.74) is 4.91. The van der Waals surface area contributed by atoms with E-state index in [0.717, 1.165) is 44.0 Å². The van der Waals surface area contributed by atoms with Crippen molar-refractivity contribution in [3.8, 4) is 0 Å². The molecule has 25 heavy (non-hydrogen) atoms. The van der Waals surface area contributed by atoms with Crippen molar-refractivity contribution in [2.24, 2.45) is 0 Å². The fourth-order valence-electron chi connectivity index (χ4n) is 3.02. The molecule has 3 rings (SSSR count). The van der Waals surface area contributed by atoms with Gasteiger partial charge in [-0.3, -0.25) is 19.9 Å². The number of hydrogen-bond donors (Lipinski definition) is 2. The number of hydrogen-bond acceptors (Lipinski definition) is 5. The third-order valence-electron chi connectivity index (χ3n) is 4.30. The van der Waals surface area contributed by atoms with Gasteiger partial charge in [-0.25, -0.2) is 5.48 Å². The highest BCUT2D eigenvalue weighted by atomic mass is 16.5. The highest BCUT2D eigenvalue weighted by molar-refractivity contribution is 5.91. The largest absolute Gasteiger partial charge is 0.368 e. The quantitative estimate of drug-likeness (QED) is 0.495. The van der Waals surface area contributed by atoms with Gasteiger partial charge in [0.25, 0.3) is 5.91 Å². The Morgan fingerprint density at radius 3 is 2.68 bits per heavy atom. The van der Waals surface area contributed by atoms with Crippen molar-refractivity contribution in [1.82, 2.24) is 15.4 Å². The molecule has 130 valence electrons. The van der Waals surface area contributed by atoms with E-state index in [0.29, 0.717) is 0 Å². The number of aromatic nitrogens is 1. The van der Waals surface area contributed by atoms with E-state index in [1.54, 1.807) is 17.8 Å². The molecule has 0 spiro atoms. The number of carbonyl (C=O) groups is 1. The van der Waals surface area contributed by atoms with Crippen molar-refractivity contribution >= 4 is 17.7 Å². The summed E-state index contributed by atoms with van der Waals surface area (Å²) < 4.78 is 0. The van der Waals surface area contributed by atoms with Crippen LogP contribution in [0.3, 0.4) is 0 Å². The minimum Gasteiger partial charge on any atom is -0.368 e. The number of amides is 1. The number of nitrogens with one attached hydrogen (secondary N) is 1. The predicted molar refractivity (Wildman–Crippen MR) is 97.1 cm³/mol. The Morgan fingerprint density at radius 2 is 1.96 bits per heavy atom. The molecule has 1 aromatic heterocycles. The average molecular weight is 338 g/mol. The zero-order chi connectivity index (χ0) is 17.5. The van der Waals surface area contributed by atoms with Crippen molar-refractivity contribution in [1.29, 1.82) is 0 Å². The Labute approximate surface area is 147 Å². The van der Waals surface area contributed by atoms with Gasteiger partial charge in [0.2, 0.25) is 0 Å². The molecular weight excluding hydrogens is 316 g/mol. The number of hydroxylamine groups is 1. The lowest BCUT2D eigenvalue weighted by atomic mass is 10.1. The molecule has 0 bridgehead atoms. The number of nitrogens with zero attached hydrogens (tertiary/aromatic N) is 3. The van der Waals surface area contributed by atoms with E-state index >= 15 is 0 Å². The van der Waals surface area contributed by atoms with Gasteiger partial charge in [0.05, 0.1) is 0 Å². The molecule has 0 saturated carbocycles. The summed E-state index contributed by atoms with van der Waals surface area (Å²) in [6.45, 7) is 4.72. The van der Waals surface area contributed by atoms with Gasteiger partial charge in [0.15, 0.2) is 0 Å². The van der Waals surface area contributed by atoms with E-state index < -0.39 is 5.91 Å². The molecule has 2 aromatic rings. The van der Waals surface area contributed by atoms with Crippen LogP contribution in [0.1, 0.15) is 11.1 Å². The van der Waals surface area contributed by atoms with Crippen LogP contribution in [0.2, 0.25) is 0 Å². The van der Waals surface area contributed by atoms with Crippen molar-refractivity contribution < 1.29 is 10.0 Å². The van der Waals surface area contributed by atoms with Crippen LogP contribution < -0.4 is 10.4 Å². The maximum atomic E-state index is 11.2. The number of anilines is 1. The predicted octanol–water partition coefficient (Wildman–Crippen LogP) is 1.92. The van der Waals surface area contributed by atoms with Crippen LogP contribution in [0.15, 0.2) is 54.9 Å². The molecule has 6 heteroatoms. The molecular formula is C19H22N4O2. The summed E-state index contributed by atoms with van der Waals surface area (Å²) in [7, 11) is 0. The lowest BCUT2D eigenvalue weighted by molar-refractivity contribution is -0.124. The normalized spacial score (nSPS) is 15.5. The Hall–Kier alpha value is -2.70. The Kier molecular flexibility index (Phi) is 5.77. The molecule has 0 aliphatic carbocycles. The summed E-state index contributed by atoms with van der Waals surface area (Å²) in [5, 5.41) is 8.61. The molecule has 1 aliphatic rings. The second-order valence-corrected chi connectivity index (χ2v) is 5.99. The first-order chi connectivity index (χ1) is 12.3. The average Bonchev–Trinajstić information content (AvgIpc) is 2.68. The number of benzene rings is 1. The summed E-state index contributed by atoms with van der Waals surface area (Å²) >= 11 is 0. The number of carbonyl (C=O) groups excluding carboxylic acids is 1. The molecule has 6 nitrogen and oxygen atoms in total. The highest BCUT2D eigenvalue weighted by Crippen LogP contribution is 2.23. The van der Waals surface area contributed by atoms with Gasteiger partial charge in [-0.05, 0) is 29.3 Å². The molecule has 2 heterocycles. The molecule has 1 amide bonds. The first-order valence-electron chi connectivity index (χ1n) is 8.33. The minimum absolute atomic E-state index is 0.531. The molecule has 0 unspecified atom stereocenters. The molecule has 1 saturated heterocycles. The second kappa shape index (κ2) is 8.41. The van der Waals surface area contributed by atoms with Crippen LogP contribution in [0.5, 0.6) is 0 Å². The second-order valence-electron chi connectivity index (χ2n) is 5.99. The highest BCUT2D eigenvalue weighted by Gasteiger charge is 2.18. The molecule has 1 aliphatic heterocycles. The molecule has 1 fully saturated rings. The number of para-hydroxylation sites is 1. The van der Waals surface area contributed by atoms with Gasteiger partial charge in [-0.2, -0.15) is 0 Å². The maximum absolute atomic E-state index is 11.2. The fourth-order valence-corrected chi connectivity index (χ4v) is 3.02. The van der Waals surface area contributed by atoms with Gasteiger partial charge in [-0.1, -0.05) is 24.3 Å². The lowest BCUT2D eigenvalue weighted by Crippen LogP contribution is -2.46. The Balaban J connectivity index is 1.63. The van der Waals surface area contributed by atoms with E-state index in [-0.39, 0.29) is 0 Å². The summed E-state index contributed by atoms with van der Waals surface area (Å²) in [6, 6.07) is 12.0. The summed E-state index contributed by atoms with van der Waals surface area (Å²) in [4.78, 5) is 20.1. The van der Waals surface area contributed by atoms with Crippen molar-refractivity contribution in [3.63, 3.8) is 0 Å². The molecule has 2 N–H and O–H groups in total. The van der Waals surface area contributed by atoms with Crippen LogP contribution in [-0.4, -0.2) is 47.2 Å². The van der Waals surface area contributed by atoms with Crippen molar-refractivity contribution in [2.45, 2.75) is 6.54 Å². The van der Waals surface area contributed by atoms with Crippen LogP contribution in [0, 0.1) is 0 Å². The minimum atomic E-state index is -0.531. The standard InChI is InChI=1S/C19H22N4O2/c24-19(21-25)8-7-17-5-1-2-6-18(17)23-12-10-22(11-13-23)15-16-4-3-9-20-14-16/h1-9,14,25H,10-13,15H2,(H,21,24). The number of piperazine rings is 1. The first-order valence-corrected chi connectivity index (χ1v) is 8.33. The maximum Gasteiger partial charge on any atom is 0.267 e. The van der Waals surface area contributed by atoms with E-state index in [9.17, 15) is 4.79 Å². The smallest absolute Gasteiger partial charge is 0.267 e. The van der Waals surface area contributed by atoms with Gasteiger partial charge in [-0.15, -0.1) is 0 Å². The monoisotopic (exact) mass is 338 g/mol. The zero-order valence-electron chi connectivity index (χ0n) is 14.0. The van der Waals surface area contributed by atoms with E-state index in [1.807, 2.05) is 30.5 Å². The van der Waals surface area contributed by atoms with Crippen LogP contribution in [-0.2, 0) is 11.3 Å². The van der Waals surface area contributed by atoms with Crippen molar-refractivity contribution in [3.05, 3.63) is 66.0 Å². The van der Waals surface area contributed by atoms with Crippen LogP contribution in [0.4, 0.5) is 5.69 Å². The SMILES string of the molecule is O=C(C=Cc1ccccc1N1CCN(Cc2cccnc2)CC1)NO. The van der Waals surface area contributed by atoms with Gasteiger partial charge in [0, 0.05) is 56.9 Å². The molecule has 0 atom stereocenters. The van der Waals surface area contributed by atoms with Crippen LogP contribution >= 0.6 is 0 Å². The van der Waals surface area contributed by atoms with Gasteiger partial charge >= 0.3 is 0 Å². The molecule has 1 aromatic carbocycles. The molecule has 0 radical (unpaired) electrons. The van der Waals surface area contributed by atoms with Crippen LogP contribution in [0.25, 0.3) is 6.08 Å². The topological polar surface area (TPSA) is 68.7 Å². The number of pyridine rings is 1. The van der Waals surface area contributed by atoms with E-state index in [2.05, 4.69) is 26.9 Å².